The van der Waals surface area contributed by atoms with Crippen molar-refractivity contribution in [3.8, 4) is 0 Å². The minimum Gasteiger partial charge on any atom is -0.374 e. The molecule has 0 spiro atoms. The fraction of sp³-hybridized carbons (Fsp3) is 1.00. The van der Waals surface area contributed by atoms with Crippen LogP contribution in [0.25, 0.3) is 0 Å². The zero-order valence-corrected chi connectivity index (χ0v) is 5.24. The van der Waals surface area contributed by atoms with Gasteiger partial charge in [-0.05, 0) is 6.42 Å². The van der Waals surface area contributed by atoms with Crippen LogP contribution in [0.1, 0.15) is 12.8 Å². The summed E-state index contributed by atoms with van der Waals surface area (Å²) in [6.45, 7) is 0. The average molecular weight is 131 g/mol. The molecule has 0 bridgehead atoms. The van der Waals surface area contributed by atoms with E-state index in [-0.39, 0.29) is 11.0 Å². The van der Waals surface area contributed by atoms with Gasteiger partial charge in [0, 0.05) is 18.5 Å². The summed E-state index contributed by atoms with van der Waals surface area (Å²) in [7, 11) is 1.51. The summed E-state index contributed by atoms with van der Waals surface area (Å²) in [5.74, 6) is 0. The summed E-state index contributed by atoms with van der Waals surface area (Å²) >= 11 is 0. The van der Waals surface area contributed by atoms with Crippen LogP contribution in [0, 0.1) is 10.1 Å². The molecular formula is C5H9NO3. The molecule has 1 aliphatic carbocycles. The van der Waals surface area contributed by atoms with Gasteiger partial charge in [-0.3, -0.25) is 10.1 Å². The Bertz CT molecular complexity index is 123. The minimum atomic E-state index is -0.435. The van der Waals surface area contributed by atoms with E-state index in [2.05, 4.69) is 0 Å². The molecule has 0 aromatic heterocycles. The molecule has 0 radical (unpaired) electrons. The Hall–Kier alpha value is -0.640. The van der Waals surface area contributed by atoms with Gasteiger partial charge in [-0.1, -0.05) is 0 Å². The molecule has 0 aromatic carbocycles. The van der Waals surface area contributed by atoms with Crippen molar-refractivity contribution in [2.45, 2.75) is 25.0 Å². The summed E-state index contributed by atoms with van der Waals surface area (Å²) in [5.41, 5.74) is 0. The van der Waals surface area contributed by atoms with Gasteiger partial charge in [0.05, 0.1) is 0 Å². The Morgan fingerprint density at radius 3 is 2.44 bits per heavy atom. The van der Waals surface area contributed by atoms with Gasteiger partial charge < -0.3 is 4.74 Å². The maximum absolute atomic E-state index is 10.1. The third-order valence-corrected chi connectivity index (χ3v) is 1.75. The van der Waals surface area contributed by atoms with Gasteiger partial charge in [-0.15, -0.1) is 0 Å². The van der Waals surface area contributed by atoms with Crippen molar-refractivity contribution >= 4 is 0 Å². The predicted octanol–water partition coefficient (Wildman–Crippen LogP) is 0.440. The highest BCUT2D eigenvalue weighted by molar-refractivity contribution is 4.80. The molecule has 1 saturated carbocycles. The minimum absolute atomic E-state index is 0.125. The van der Waals surface area contributed by atoms with E-state index in [4.69, 9.17) is 4.74 Å². The van der Waals surface area contributed by atoms with E-state index in [0.717, 1.165) is 6.42 Å². The smallest absolute Gasteiger partial charge is 0.238 e. The van der Waals surface area contributed by atoms with Crippen LogP contribution in [0.4, 0.5) is 0 Å². The maximum Gasteiger partial charge on any atom is 0.238 e. The largest absolute Gasteiger partial charge is 0.374 e. The second-order valence-electron chi connectivity index (χ2n) is 2.20. The second kappa shape index (κ2) is 2.31. The van der Waals surface area contributed by atoms with Crippen LogP contribution in [0.15, 0.2) is 0 Å². The zero-order chi connectivity index (χ0) is 6.85. The molecule has 0 amide bonds. The number of rotatable bonds is 2. The topological polar surface area (TPSA) is 52.4 Å². The first-order chi connectivity index (χ1) is 4.25. The molecule has 1 fully saturated rings. The summed E-state index contributed by atoms with van der Waals surface area (Å²) in [4.78, 5) is 9.81. The van der Waals surface area contributed by atoms with E-state index in [9.17, 15) is 10.1 Å². The first kappa shape index (κ1) is 6.48. The molecule has 4 nitrogen and oxygen atoms in total. The summed E-state index contributed by atoms with van der Waals surface area (Å²) < 4.78 is 4.82. The van der Waals surface area contributed by atoms with Gasteiger partial charge in [0.15, 0.2) is 0 Å². The van der Waals surface area contributed by atoms with E-state index in [0.29, 0.717) is 6.42 Å². The molecule has 52 valence electrons. The van der Waals surface area contributed by atoms with Crippen molar-refractivity contribution in [2.75, 3.05) is 7.11 Å². The first-order valence-corrected chi connectivity index (χ1v) is 2.92. The first-order valence-electron chi connectivity index (χ1n) is 2.92. The predicted molar refractivity (Wildman–Crippen MR) is 30.8 cm³/mol. The Balaban J connectivity index is 2.35. The van der Waals surface area contributed by atoms with Crippen LogP contribution in [0.5, 0.6) is 0 Å². The Morgan fingerprint density at radius 1 is 1.67 bits per heavy atom. The molecule has 0 aliphatic heterocycles. The highest BCUT2D eigenvalue weighted by Crippen LogP contribution is 2.24. The lowest BCUT2D eigenvalue weighted by Gasteiger charge is -2.27. The number of methoxy groups -OCH3 is 1. The molecule has 1 rings (SSSR count). The van der Waals surface area contributed by atoms with Gasteiger partial charge >= 0.3 is 0 Å². The number of hydrogen-bond donors (Lipinski definition) is 0. The van der Waals surface area contributed by atoms with E-state index in [1.807, 2.05) is 0 Å². The Labute approximate surface area is 53.0 Å². The molecule has 1 aliphatic rings. The Kier molecular flexibility index (Phi) is 1.66. The quantitative estimate of drug-likeness (QED) is 0.403. The van der Waals surface area contributed by atoms with Crippen LogP contribution in [-0.4, -0.2) is 24.2 Å². The van der Waals surface area contributed by atoms with Crippen LogP contribution in [-0.2, 0) is 4.74 Å². The highest BCUT2D eigenvalue weighted by Gasteiger charge is 2.40. The van der Waals surface area contributed by atoms with Gasteiger partial charge in [0.2, 0.25) is 6.04 Å². The van der Waals surface area contributed by atoms with Crippen molar-refractivity contribution in [3.05, 3.63) is 10.1 Å². The lowest BCUT2D eigenvalue weighted by Crippen LogP contribution is -2.44. The fourth-order valence-electron chi connectivity index (χ4n) is 0.968. The summed E-state index contributed by atoms with van der Waals surface area (Å²) in [6.07, 6.45) is 1.38. The van der Waals surface area contributed by atoms with Gasteiger partial charge in [0.1, 0.15) is 6.10 Å². The zero-order valence-electron chi connectivity index (χ0n) is 5.24. The van der Waals surface area contributed by atoms with E-state index >= 15 is 0 Å². The molecule has 0 saturated heterocycles. The molecule has 0 N–H and O–H groups in total. The number of nitro groups is 1. The highest BCUT2D eigenvalue weighted by atomic mass is 16.6. The molecule has 0 aromatic rings. The normalized spacial score (nSPS) is 33.4. The van der Waals surface area contributed by atoms with Crippen LogP contribution in [0.2, 0.25) is 0 Å². The number of ether oxygens (including phenoxy) is 1. The van der Waals surface area contributed by atoms with Gasteiger partial charge in [-0.2, -0.15) is 0 Å². The van der Waals surface area contributed by atoms with Crippen molar-refractivity contribution in [2.24, 2.45) is 0 Å². The van der Waals surface area contributed by atoms with Gasteiger partial charge in [0.25, 0.3) is 0 Å². The summed E-state index contributed by atoms with van der Waals surface area (Å²) in [5, 5.41) is 10.1. The molecule has 2 atom stereocenters. The van der Waals surface area contributed by atoms with Crippen molar-refractivity contribution < 1.29 is 9.66 Å². The number of nitrogens with zero attached hydrogens (tertiary/aromatic N) is 1. The van der Waals surface area contributed by atoms with Crippen molar-refractivity contribution in [1.82, 2.24) is 0 Å². The maximum atomic E-state index is 10.1. The summed E-state index contributed by atoms with van der Waals surface area (Å²) in [6, 6.07) is -0.435. The van der Waals surface area contributed by atoms with E-state index in [1.165, 1.54) is 7.11 Å². The molecular weight excluding hydrogens is 122 g/mol. The van der Waals surface area contributed by atoms with Gasteiger partial charge in [-0.25, -0.2) is 0 Å². The fourth-order valence-corrected chi connectivity index (χ4v) is 0.968. The third kappa shape index (κ3) is 1.03. The lowest BCUT2D eigenvalue weighted by molar-refractivity contribution is -0.550. The van der Waals surface area contributed by atoms with Crippen LogP contribution in [0.3, 0.4) is 0 Å². The Morgan fingerprint density at radius 2 is 2.33 bits per heavy atom. The van der Waals surface area contributed by atoms with E-state index in [1.54, 1.807) is 0 Å². The van der Waals surface area contributed by atoms with E-state index < -0.39 is 6.04 Å². The third-order valence-electron chi connectivity index (χ3n) is 1.75. The molecule has 2 unspecified atom stereocenters. The van der Waals surface area contributed by atoms with Crippen LogP contribution >= 0.6 is 0 Å². The SMILES string of the molecule is COC1CCC1[N+](=O)[O-]. The second-order valence-corrected chi connectivity index (χ2v) is 2.20. The van der Waals surface area contributed by atoms with Crippen LogP contribution < -0.4 is 0 Å². The number of hydrogen-bond acceptors (Lipinski definition) is 3. The molecule has 0 heterocycles. The van der Waals surface area contributed by atoms with Crippen molar-refractivity contribution in [3.63, 3.8) is 0 Å². The lowest BCUT2D eigenvalue weighted by atomic mass is 9.90. The standard InChI is InChI=1S/C5H9NO3/c1-9-5-3-2-4(5)6(7)8/h4-5H,2-3H2,1H3. The molecule has 9 heavy (non-hydrogen) atoms. The van der Waals surface area contributed by atoms with Crippen molar-refractivity contribution in [1.29, 1.82) is 0 Å². The molecule has 4 heteroatoms. The average Bonchev–Trinajstić information content (AvgIpc) is 1.61. The monoisotopic (exact) mass is 131 g/mol.